The fraction of sp³-hybridized carbons (Fsp3) is 0. The van der Waals surface area contributed by atoms with Crippen molar-refractivity contribution in [2.24, 2.45) is 0 Å². The van der Waals surface area contributed by atoms with Gasteiger partial charge in [0, 0.05) is 11.9 Å². The zero-order valence-electron chi connectivity index (χ0n) is 11.8. The Bertz CT molecular complexity index is 622. The summed E-state index contributed by atoms with van der Waals surface area (Å²) in [4.78, 5) is 10.5. The van der Waals surface area contributed by atoms with E-state index < -0.39 is 5.97 Å². The summed E-state index contributed by atoms with van der Waals surface area (Å²) in [6, 6.07) is 16.4. The summed E-state index contributed by atoms with van der Waals surface area (Å²) < 4.78 is 0. The van der Waals surface area contributed by atoms with Gasteiger partial charge in [0.05, 0.1) is 5.97 Å². The standard InChI is InChI=1S/C13H11NO2.C5H5.Fe/c15-13(16)11-5-7-12(8-6-11)14-9-10-3-1-2-4-10;1-2-4-5-3-1;/h1-9,14H,(H,15,16);1-5H;/q;-1;+2/p-1. The first-order valence-corrected chi connectivity index (χ1v) is 6.55. The number of hydrogen-bond acceptors (Lipinski definition) is 3. The van der Waals surface area contributed by atoms with Crippen LogP contribution in [0, 0.1) is 0 Å². The Hall–Kier alpha value is -2.42. The number of rotatable bonds is 3. The van der Waals surface area contributed by atoms with Crippen molar-refractivity contribution in [2.45, 2.75) is 0 Å². The first-order chi connectivity index (χ1) is 10.3. The molecule has 0 atom stereocenters. The zero-order valence-corrected chi connectivity index (χ0v) is 12.9. The van der Waals surface area contributed by atoms with Crippen molar-refractivity contribution in [1.82, 2.24) is 0 Å². The predicted molar refractivity (Wildman–Crippen MR) is 82.8 cm³/mol. The van der Waals surface area contributed by atoms with E-state index in [0.29, 0.717) is 0 Å². The third-order valence-corrected chi connectivity index (χ3v) is 2.77. The van der Waals surface area contributed by atoms with Crippen LogP contribution in [-0.2, 0) is 17.1 Å². The molecule has 0 heterocycles. The molecule has 0 bridgehead atoms. The van der Waals surface area contributed by atoms with Crippen LogP contribution >= 0.6 is 0 Å². The SMILES string of the molecule is O=C([O-])c1ccc(NC=C2C=CC=C2)cc1.[Fe+2].c1cc[cH-]c1. The summed E-state index contributed by atoms with van der Waals surface area (Å²) in [5.74, 6) is -1.16. The van der Waals surface area contributed by atoms with Gasteiger partial charge in [-0.3, -0.25) is 0 Å². The van der Waals surface area contributed by atoms with Crippen molar-refractivity contribution >= 4 is 11.7 Å². The minimum atomic E-state index is -1.16. The zero-order chi connectivity index (χ0) is 14.9. The smallest absolute Gasteiger partial charge is 0.545 e. The van der Waals surface area contributed by atoms with E-state index in [1.807, 2.05) is 60.8 Å². The summed E-state index contributed by atoms with van der Waals surface area (Å²) in [5.41, 5.74) is 2.09. The summed E-state index contributed by atoms with van der Waals surface area (Å²) in [5, 5.41) is 13.6. The Morgan fingerprint density at radius 3 is 2.09 bits per heavy atom. The molecule has 1 aliphatic rings. The van der Waals surface area contributed by atoms with Crippen LogP contribution in [-0.4, -0.2) is 5.97 Å². The maximum Gasteiger partial charge on any atom is 2.00 e. The van der Waals surface area contributed by atoms with E-state index in [1.54, 1.807) is 12.1 Å². The Balaban J connectivity index is 0.000000344. The number of carbonyl (C=O) groups is 1. The van der Waals surface area contributed by atoms with E-state index in [0.717, 1.165) is 11.3 Å². The van der Waals surface area contributed by atoms with Crippen LogP contribution < -0.4 is 10.4 Å². The molecule has 1 aliphatic carbocycles. The summed E-state index contributed by atoms with van der Waals surface area (Å²) in [6.45, 7) is 0. The fourth-order valence-corrected chi connectivity index (χ4v) is 1.68. The molecule has 3 rings (SSSR count). The van der Waals surface area contributed by atoms with Crippen molar-refractivity contribution in [3.05, 3.63) is 96.2 Å². The molecule has 0 aromatic heterocycles. The minimum Gasteiger partial charge on any atom is -0.545 e. The molecule has 0 unspecified atom stereocenters. The van der Waals surface area contributed by atoms with Gasteiger partial charge in [0.1, 0.15) is 0 Å². The van der Waals surface area contributed by atoms with E-state index in [2.05, 4.69) is 5.32 Å². The van der Waals surface area contributed by atoms with Crippen LogP contribution in [0.5, 0.6) is 0 Å². The normalized spacial score (nSPS) is 11.2. The molecule has 0 aliphatic heterocycles. The Labute approximate surface area is 140 Å². The molecule has 112 valence electrons. The van der Waals surface area contributed by atoms with E-state index >= 15 is 0 Å². The molecule has 2 aromatic rings. The van der Waals surface area contributed by atoms with Gasteiger partial charge in [-0.05, 0) is 23.3 Å². The maximum absolute atomic E-state index is 10.5. The minimum absolute atomic E-state index is 0. The third kappa shape index (κ3) is 5.92. The molecular weight excluding hydrogens is 318 g/mol. The van der Waals surface area contributed by atoms with E-state index in [4.69, 9.17) is 0 Å². The van der Waals surface area contributed by atoms with Crippen molar-refractivity contribution < 1.29 is 27.0 Å². The Kier molecular flexibility index (Phi) is 7.62. The molecule has 0 fully saturated rings. The van der Waals surface area contributed by atoms with E-state index in [9.17, 15) is 9.90 Å². The van der Waals surface area contributed by atoms with Crippen molar-refractivity contribution in [3.63, 3.8) is 0 Å². The predicted octanol–water partition coefficient (Wildman–Crippen LogP) is 2.87. The van der Waals surface area contributed by atoms with Crippen LogP contribution in [0.2, 0.25) is 0 Å². The molecule has 0 saturated heterocycles. The van der Waals surface area contributed by atoms with Gasteiger partial charge in [0.2, 0.25) is 0 Å². The average molecular weight is 333 g/mol. The topological polar surface area (TPSA) is 52.2 Å². The second-order valence-electron chi connectivity index (χ2n) is 4.33. The first-order valence-electron chi connectivity index (χ1n) is 6.55. The maximum atomic E-state index is 10.5. The number of carboxylic acids is 1. The molecule has 0 saturated carbocycles. The van der Waals surface area contributed by atoms with Crippen molar-refractivity contribution in [2.75, 3.05) is 5.32 Å². The summed E-state index contributed by atoms with van der Waals surface area (Å²) in [7, 11) is 0. The van der Waals surface area contributed by atoms with Crippen LogP contribution in [0.3, 0.4) is 0 Å². The summed E-state index contributed by atoms with van der Waals surface area (Å²) in [6.07, 6.45) is 9.71. The Morgan fingerprint density at radius 2 is 1.64 bits per heavy atom. The Morgan fingerprint density at radius 1 is 1.05 bits per heavy atom. The monoisotopic (exact) mass is 333 g/mol. The van der Waals surface area contributed by atoms with Gasteiger partial charge >= 0.3 is 17.1 Å². The van der Waals surface area contributed by atoms with Gasteiger partial charge in [0.15, 0.2) is 0 Å². The number of hydrogen-bond donors (Lipinski definition) is 1. The molecule has 4 heteroatoms. The summed E-state index contributed by atoms with van der Waals surface area (Å²) >= 11 is 0. The van der Waals surface area contributed by atoms with Crippen molar-refractivity contribution in [1.29, 1.82) is 0 Å². The molecular formula is C18H15FeNO2. The van der Waals surface area contributed by atoms with Crippen molar-refractivity contribution in [3.8, 4) is 0 Å². The van der Waals surface area contributed by atoms with E-state index in [1.165, 1.54) is 12.1 Å². The largest absolute Gasteiger partial charge is 2.00 e. The molecule has 0 spiro atoms. The van der Waals surface area contributed by atoms with Crippen LogP contribution in [0.25, 0.3) is 0 Å². The fourth-order valence-electron chi connectivity index (χ4n) is 1.68. The van der Waals surface area contributed by atoms with Gasteiger partial charge in [-0.15, -0.1) is 0 Å². The molecule has 1 N–H and O–H groups in total. The van der Waals surface area contributed by atoms with Crippen LogP contribution in [0.15, 0.2) is 90.7 Å². The molecule has 22 heavy (non-hydrogen) atoms. The van der Waals surface area contributed by atoms with Gasteiger partial charge < -0.3 is 15.2 Å². The quantitative estimate of drug-likeness (QED) is 0.694. The van der Waals surface area contributed by atoms with Gasteiger partial charge in [0.25, 0.3) is 0 Å². The molecule has 3 nitrogen and oxygen atoms in total. The molecule has 0 amide bonds. The van der Waals surface area contributed by atoms with Crippen LogP contribution in [0.1, 0.15) is 10.4 Å². The first kappa shape index (κ1) is 17.6. The number of anilines is 1. The van der Waals surface area contributed by atoms with Crippen LogP contribution in [0.4, 0.5) is 5.69 Å². The second kappa shape index (κ2) is 9.50. The number of nitrogens with one attached hydrogen (secondary N) is 1. The molecule has 2 aromatic carbocycles. The average Bonchev–Trinajstić information content (AvgIpc) is 3.21. The van der Waals surface area contributed by atoms with Gasteiger partial charge in [-0.25, -0.2) is 12.1 Å². The number of aromatic carboxylic acids is 1. The number of carbonyl (C=O) groups excluding carboxylic acids is 1. The van der Waals surface area contributed by atoms with E-state index in [-0.39, 0.29) is 22.6 Å². The number of benzene rings is 1. The number of allylic oxidation sites excluding steroid dienone is 5. The molecule has 0 radical (unpaired) electrons. The van der Waals surface area contributed by atoms with Gasteiger partial charge in [-0.1, -0.05) is 36.4 Å². The third-order valence-electron chi connectivity index (χ3n) is 2.77. The number of carboxylic acid groups (broad SMARTS) is 1. The van der Waals surface area contributed by atoms with Gasteiger partial charge in [-0.2, -0.15) is 18.2 Å². The second-order valence-corrected chi connectivity index (χ2v) is 4.33.